The van der Waals surface area contributed by atoms with Crippen LogP contribution in [0.2, 0.25) is 0 Å². The smallest absolute Gasteiger partial charge is 0.226 e. The molecule has 0 spiro atoms. The van der Waals surface area contributed by atoms with Gasteiger partial charge in [0.05, 0.1) is 6.42 Å². The quantitative estimate of drug-likeness (QED) is 0.882. The van der Waals surface area contributed by atoms with Crippen LogP contribution < -0.4 is 5.32 Å². The molecular weight excluding hydrogens is 280 g/mol. The molecule has 112 valence electrons. The summed E-state index contributed by atoms with van der Waals surface area (Å²) < 4.78 is 31.1. The molecule has 0 aliphatic carbocycles. The van der Waals surface area contributed by atoms with Gasteiger partial charge in [-0.15, -0.1) is 0 Å². The molecule has 0 unspecified atom stereocenters. The van der Waals surface area contributed by atoms with Crippen LogP contribution in [-0.2, 0) is 24.1 Å². The Morgan fingerprint density at radius 1 is 1.38 bits per heavy atom. The van der Waals surface area contributed by atoms with Crippen molar-refractivity contribution in [3.63, 3.8) is 0 Å². The highest BCUT2D eigenvalue weighted by atomic mass is 19.1. The van der Waals surface area contributed by atoms with Crippen molar-refractivity contribution in [2.24, 2.45) is 0 Å². The summed E-state index contributed by atoms with van der Waals surface area (Å²) in [6.45, 7) is 2.22. The molecular formula is C14H15F2N3O2. The van der Waals surface area contributed by atoms with E-state index in [2.05, 4.69) is 15.5 Å². The maximum Gasteiger partial charge on any atom is 0.226 e. The number of aromatic nitrogens is 2. The molecule has 1 aromatic carbocycles. The third-order valence-corrected chi connectivity index (χ3v) is 2.85. The lowest BCUT2D eigenvalue weighted by molar-refractivity contribution is -0.120. The van der Waals surface area contributed by atoms with Gasteiger partial charge in [0.2, 0.25) is 11.8 Å². The fourth-order valence-electron chi connectivity index (χ4n) is 1.75. The number of nitrogens with zero attached hydrogens (tertiary/aromatic N) is 2. The Morgan fingerprint density at radius 3 is 2.86 bits per heavy atom. The first-order chi connectivity index (χ1) is 10.1. The number of carbonyl (C=O) groups excluding carboxylic acids is 1. The Labute approximate surface area is 120 Å². The molecule has 0 aliphatic heterocycles. The molecule has 0 aliphatic rings. The zero-order chi connectivity index (χ0) is 15.2. The zero-order valence-electron chi connectivity index (χ0n) is 11.5. The largest absolute Gasteiger partial charge is 0.355 e. The van der Waals surface area contributed by atoms with E-state index in [1.165, 1.54) is 6.07 Å². The van der Waals surface area contributed by atoms with E-state index in [0.29, 0.717) is 31.1 Å². The summed E-state index contributed by atoms with van der Waals surface area (Å²) in [5.41, 5.74) is 0.154. The number of rotatable bonds is 6. The van der Waals surface area contributed by atoms with E-state index < -0.39 is 11.6 Å². The summed E-state index contributed by atoms with van der Waals surface area (Å²) in [5, 5.41) is 6.38. The minimum Gasteiger partial charge on any atom is -0.355 e. The molecule has 7 heteroatoms. The molecule has 0 atom stereocenters. The maximum absolute atomic E-state index is 13.4. The van der Waals surface area contributed by atoms with Gasteiger partial charge in [-0.05, 0) is 11.6 Å². The summed E-state index contributed by atoms with van der Waals surface area (Å²) in [6.07, 6.45) is 0.947. The lowest BCUT2D eigenvalue weighted by atomic mass is 10.1. The van der Waals surface area contributed by atoms with Crippen molar-refractivity contribution >= 4 is 5.91 Å². The first-order valence-corrected chi connectivity index (χ1v) is 6.60. The molecule has 1 amide bonds. The van der Waals surface area contributed by atoms with Crippen molar-refractivity contribution in [1.29, 1.82) is 0 Å². The maximum atomic E-state index is 13.4. The second-order valence-electron chi connectivity index (χ2n) is 4.47. The van der Waals surface area contributed by atoms with Crippen LogP contribution in [0.4, 0.5) is 8.78 Å². The number of aryl methyl sites for hydroxylation is 1. The predicted molar refractivity (Wildman–Crippen MR) is 70.5 cm³/mol. The van der Waals surface area contributed by atoms with Crippen molar-refractivity contribution < 1.29 is 18.1 Å². The number of nitrogens with one attached hydrogen (secondary N) is 1. The number of halogens is 2. The van der Waals surface area contributed by atoms with Crippen LogP contribution in [0.25, 0.3) is 0 Å². The van der Waals surface area contributed by atoms with E-state index in [-0.39, 0.29) is 17.9 Å². The number of hydrogen-bond donors (Lipinski definition) is 1. The summed E-state index contributed by atoms with van der Waals surface area (Å²) in [4.78, 5) is 15.8. The predicted octanol–water partition coefficient (Wildman–Crippen LogP) is 1.81. The van der Waals surface area contributed by atoms with Crippen LogP contribution in [0.15, 0.2) is 22.7 Å². The summed E-state index contributed by atoms with van der Waals surface area (Å²) in [6, 6.07) is 3.14. The fraction of sp³-hybridized carbons (Fsp3) is 0.357. The molecule has 1 aromatic heterocycles. The van der Waals surface area contributed by atoms with Gasteiger partial charge in [-0.1, -0.05) is 18.1 Å². The van der Waals surface area contributed by atoms with Crippen LogP contribution in [-0.4, -0.2) is 22.6 Å². The van der Waals surface area contributed by atoms with E-state index in [4.69, 9.17) is 4.52 Å². The number of benzene rings is 1. The number of hydrogen-bond acceptors (Lipinski definition) is 4. The Bertz CT molecular complexity index is 628. The SMILES string of the molecule is CCc1nc(CCNC(=O)Cc2ccc(F)cc2F)no1. The summed E-state index contributed by atoms with van der Waals surface area (Å²) in [7, 11) is 0. The normalized spacial score (nSPS) is 10.6. The van der Waals surface area contributed by atoms with Gasteiger partial charge in [0.25, 0.3) is 0 Å². The molecule has 0 bridgehead atoms. The highest BCUT2D eigenvalue weighted by Crippen LogP contribution is 2.10. The van der Waals surface area contributed by atoms with E-state index in [0.717, 1.165) is 12.1 Å². The average molecular weight is 295 g/mol. The number of carbonyl (C=O) groups is 1. The van der Waals surface area contributed by atoms with Crippen molar-refractivity contribution in [2.45, 2.75) is 26.2 Å². The van der Waals surface area contributed by atoms with Crippen LogP contribution >= 0.6 is 0 Å². The lowest BCUT2D eigenvalue weighted by Crippen LogP contribution is -2.27. The standard InChI is InChI=1S/C14H15F2N3O2/c1-2-14-18-12(19-21-14)5-6-17-13(20)7-9-3-4-10(15)8-11(9)16/h3-4,8H,2,5-7H2,1H3,(H,17,20). The fourth-order valence-corrected chi connectivity index (χ4v) is 1.75. The minimum atomic E-state index is -0.726. The third kappa shape index (κ3) is 4.34. The highest BCUT2D eigenvalue weighted by Gasteiger charge is 2.10. The van der Waals surface area contributed by atoms with Gasteiger partial charge in [0.15, 0.2) is 5.82 Å². The second kappa shape index (κ2) is 6.92. The van der Waals surface area contributed by atoms with Crippen LogP contribution in [0.3, 0.4) is 0 Å². The highest BCUT2D eigenvalue weighted by molar-refractivity contribution is 5.78. The third-order valence-electron chi connectivity index (χ3n) is 2.85. The van der Waals surface area contributed by atoms with Gasteiger partial charge in [-0.3, -0.25) is 4.79 Å². The Balaban J connectivity index is 1.79. The van der Waals surface area contributed by atoms with Crippen molar-refractivity contribution in [3.05, 3.63) is 47.1 Å². The molecule has 0 fully saturated rings. The van der Waals surface area contributed by atoms with Gasteiger partial charge in [0, 0.05) is 25.5 Å². The van der Waals surface area contributed by atoms with Gasteiger partial charge in [-0.2, -0.15) is 4.98 Å². The monoisotopic (exact) mass is 295 g/mol. The van der Waals surface area contributed by atoms with Crippen molar-refractivity contribution in [2.75, 3.05) is 6.54 Å². The van der Waals surface area contributed by atoms with Gasteiger partial charge in [-0.25, -0.2) is 8.78 Å². The van der Waals surface area contributed by atoms with Gasteiger partial charge >= 0.3 is 0 Å². The molecule has 0 saturated carbocycles. The lowest BCUT2D eigenvalue weighted by Gasteiger charge is -2.05. The molecule has 0 saturated heterocycles. The summed E-state index contributed by atoms with van der Waals surface area (Å²) in [5.74, 6) is -0.680. The zero-order valence-corrected chi connectivity index (χ0v) is 11.5. The molecule has 5 nitrogen and oxygen atoms in total. The molecule has 1 heterocycles. The Kier molecular flexibility index (Phi) is 4.97. The van der Waals surface area contributed by atoms with E-state index >= 15 is 0 Å². The first kappa shape index (κ1) is 15.1. The van der Waals surface area contributed by atoms with Crippen molar-refractivity contribution in [1.82, 2.24) is 15.5 Å². The second-order valence-corrected chi connectivity index (χ2v) is 4.47. The number of amides is 1. The molecule has 21 heavy (non-hydrogen) atoms. The first-order valence-electron chi connectivity index (χ1n) is 6.60. The van der Waals surface area contributed by atoms with Crippen molar-refractivity contribution in [3.8, 4) is 0 Å². The van der Waals surface area contributed by atoms with Gasteiger partial charge in [0.1, 0.15) is 11.6 Å². The van der Waals surface area contributed by atoms with Gasteiger partial charge < -0.3 is 9.84 Å². The van der Waals surface area contributed by atoms with E-state index in [9.17, 15) is 13.6 Å². The topological polar surface area (TPSA) is 68.0 Å². The average Bonchev–Trinajstić information content (AvgIpc) is 2.90. The van der Waals surface area contributed by atoms with E-state index in [1.807, 2.05) is 6.92 Å². The van der Waals surface area contributed by atoms with Crippen LogP contribution in [0, 0.1) is 11.6 Å². The molecule has 2 rings (SSSR count). The van der Waals surface area contributed by atoms with E-state index in [1.54, 1.807) is 0 Å². The van der Waals surface area contributed by atoms with Crippen LogP contribution in [0.1, 0.15) is 24.2 Å². The Hall–Kier alpha value is -2.31. The molecule has 2 aromatic rings. The summed E-state index contributed by atoms with van der Waals surface area (Å²) >= 11 is 0. The van der Waals surface area contributed by atoms with Crippen LogP contribution in [0.5, 0.6) is 0 Å². The Morgan fingerprint density at radius 2 is 2.19 bits per heavy atom. The molecule has 0 radical (unpaired) electrons. The molecule has 1 N–H and O–H groups in total. The minimum absolute atomic E-state index is 0.140.